The molecule has 0 radical (unpaired) electrons. The van der Waals surface area contributed by atoms with Gasteiger partial charge in [-0.1, -0.05) is 0 Å². The monoisotopic (exact) mass is 322 g/mol. The molecule has 0 aliphatic heterocycles. The molecule has 0 aliphatic carbocycles. The van der Waals surface area contributed by atoms with Crippen molar-refractivity contribution in [3.63, 3.8) is 0 Å². The number of hydrogen-bond donors (Lipinski definition) is 1. The fraction of sp³-hybridized carbons (Fsp3) is 0.154. The molecule has 1 amide bonds. The van der Waals surface area contributed by atoms with E-state index in [2.05, 4.69) is 25.5 Å². The summed E-state index contributed by atoms with van der Waals surface area (Å²) in [4.78, 5) is 19.6. The number of aryl methyl sites for hydroxylation is 1. The van der Waals surface area contributed by atoms with Crippen LogP contribution in [-0.2, 0) is 13.2 Å². The predicted molar refractivity (Wildman–Crippen MR) is 73.5 cm³/mol. The quantitative estimate of drug-likeness (QED) is 0.780. The Kier molecular flexibility index (Phi) is 3.43. The van der Waals surface area contributed by atoms with E-state index in [1.807, 2.05) is 0 Å². The zero-order valence-corrected chi connectivity index (χ0v) is 11.7. The number of rotatable bonds is 2. The number of carbonyl (C=O) groups excluding carboxylic acids is 1. The number of pyridine rings is 1. The molecule has 0 aromatic carbocycles. The van der Waals surface area contributed by atoms with Crippen molar-refractivity contribution in [2.75, 3.05) is 5.32 Å². The number of halogens is 3. The van der Waals surface area contributed by atoms with Crippen molar-refractivity contribution in [1.29, 1.82) is 0 Å². The maximum Gasteiger partial charge on any atom is 0.449 e. The van der Waals surface area contributed by atoms with Crippen LogP contribution in [0.2, 0.25) is 0 Å². The fourth-order valence-electron chi connectivity index (χ4n) is 2.15. The molecule has 7 nitrogen and oxygen atoms in total. The summed E-state index contributed by atoms with van der Waals surface area (Å²) >= 11 is 0. The van der Waals surface area contributed by atoms with Crippen molar-refractivity contribution in [2.24, 2.45) is 7.05 Å². The van der Waals surface area contributed by atoms with E-state index in [-0.39, 0.29) is 16.6 Å². The van der Waals surface area contributed by atoms with Gasteiger partial charge in [-0.15, -0.1) is 0 Å². The van der Waals surface area contributed by atoms with Crippen molar-refractivity contribution in [3.8, 4) is 0 Å². The van der Waals surface area contributed by atoms with Crippen molar-refractivity contribution >= 4 is 22.6 Å². The Morgan fingerprint density at radius 3 is 2.65 bits per heavy atom. The van der Waals surface area contributed by atoms with Crippen LogP contribution in [0, 0.1) is 0 Å². The lowest BCUT2D eigenvalue weighted by Crippen LogP contribution is -2.16. The number of fused-ring (bicyclic) bond motifs is 1. The largest absolute Gasteiger partial charge is 0.449 e. The number of amides is 1. The molecule has 0 spiro atoms. The van der Waals surface area contributed by atoms with Crippen LogP contribution in [0.5, 0.6) is 0 Å². The average molecular weight is 322 g/mol. The van der Waals surface area contributed by atoms with Crippen LogP contribution in [0.4, 0.5) is 18.9 Å². The summed E-state index contributed by atoms with van der Waals surface area (Å²) in [5.74, 6) is -1.71. The molecule has 0 atom stereocenters. The second-order valence-electron chi connectivity index (χ2n) is 4.63. The molecule has 0 saturated carbocycles. The number of aromatic nitrogens is 5. The summed E-state index contributed by atoms with van der Waals surface area (Å²) in [5, 5.41) is 9.69. The van der Waals surface area contributed by atoms with Crippen LogP contribution in [0.25, 0.3) is 11.0 Å². The lowest BCUT2D eigenvalue weighted by molar-refractivity contribution is -0.146. The standard InChI is InChI=1S/C13H9F3N6O/c1-22-10-8(11(23)20-7-2-3-18-19-4-7)5-17-6-9(10)21-12(22)13(14,15)16/h2-6H,1H3,(H,18,20,23). The number of imidazole rings is 1. The lowest BCUT2D eigenvalue weighted by atomic mass is 10.2. The van der Waals surface area contributed by atoms with Crippen LogP contribution >= 0.6 is 0 Å². The minimum absolute atomic E-state index is 0.0136. The molecule has 10 heteroatoms. The first-order valence-electron chi connectivity index (χ1n) is 6.33. The molecular weight excluding hydrogens is 313 g/mol. The molecule has 118 valence electrons. The fourth-order valence-corrected chi connectivity index (χ4v) is 2.15. The van der Waals surface area contributed by atoms with Crippen molar-refractivity contribution < 1.29 is 18.0 Å². The van der Waals surface area contributed by atoms with Gasteiger partial charge in [0.15, 0.2) is 0 Å². The summed E-state index contributed by atoms with van der Waals surface area (Å²) in [5.41, 5.74) is 0.372. The Labute approximate surface area is 127 Å². The number of nitrogens with zero attached hydrogens (tertiary/aromatic N) is 5. The number of anilines is 1. The minimum Gasteiger partial charge on any atom is -0.323 e. The molecule has 3 heterocycles. The van der Waals surface area contributed by atoms with Crippen molar-refractivity contribution in [3.05, 3.63) is 42.2 Å². The average Bonchev–Trinajstić information content (AvgIpc) is 2.86. The third kappa shape index (κ3) is 2.70. The van der Waals surface area contributed by atoms with Crippen LogP contribution < -0.4 is 5.32 Å². The first kappa shape index (κ1) is 14.9. The van der Waals surface area contributed by atoms with Crippen LogP contribution in [-0.4, -0.2) is 30.6 Å². The molecule has 23 heavy (non-hydrogen) atoms. The second kappa shape index (κ2) is 5.30. The second-order valence-corrected chi connectivity index (χ2v) is 4.63. The van der Waals surface area contributed by atoms with Gasteiger partial charge in [-0.25, -0.2) is 4.98 Å². The molecule has 0 saturated heterocycles. The zero-order valence-electron chi connectivity index (χ0n) is 11.7. The molecule has 0 unspecified atom stereocenters. The Balaban J connectivity index is 2.08. The van der Waals surface area contributed by atoms with E-state index in [0.29, 0.717) is 5.69 Å². The van der Waals surface area contributed by atoms with Gasteiger partial charge in [0.25, 0.3) is 5.91 Å². The van der Waals surface area contributed by atoms with Crippen LogP contribution in [0.15, 0.2) is 30.9 Å². The van der Waals surface area contributed by atoms with Gasteiger partial charge in [-0.05, 0) is 6.07 Å². The van der Waals surface area contributed by atoms with E-state index in [1.165, 1.54) is 37.9 Å². The maximum atomic E-state index is 12.9. The summed E-state index contributed by atoms with van der Waals surface area (Å²) in [7, 11) is 1.20. The van der Waals surface area contributed by atoms with Crippen LogP contribution in [0.1, 0.15) is 16.2 Å². The smallest absolute Gasteiger partial charge is 0.323 e. The van der Waals surface area contributed by atoms with E-state index in [0.717, 1.165) is 4.57 Å². The number of carbonyl (C=O) groups is 1. The van der Waals surface area contributed by atoms with Crippen LogP contribution in [0.3, 0.4) is 0 Å². The van der Waals surface area contributed by atoms with Gasteiger partial charge in [-0.3, -0.25) is 9.78 Å². The predicted octanol–water partition coefficient (Wildman–Crippen LogP) is 2.03. The zero-order chi connectivity index (χ0) is 16.6. The van der Waals surface area contributed by atoms with Crippen molar-refractivity contribution in [1.82, 2.24) is 24.7 Å². The molecular formula is C13H9F3N6O. The number of hydrogen-bond acceptors (Lipinski definition) is 5. The molecule has 0 fully saturated rings. The highest BCUT2D eigenvalue weighted by molar-refractivity contribution is 6.11. The van der Waals surface area contributed by atoms with Gasteiger partial charge in [0.05, 0.1) is 35.4 Å². The third-order valence-corrected chi connectivity index (χ3v) is 3.12. The molecule has 0 bridgehead atoms. The minimum atomic E-state index is -4.63. The third-order valence-electron chi connectivity index (χ3n) is 3.12. The van der Waals surface area contributed by atoms with E-state index in [9.17, 15) is 18.0 Å². The Hall–Kier alpha value is -3.04. The van der Waals surface area contributed by atoms with E-state index in [4.69, 9.17) is 0 Å². The number of nitrogens with one attached hydrogen (secondary N) is 1. The highest BCUT2D eigenvalue weighted by Crippen LogP contribution is 2.31. The summed E-state index contributed by atoms with van der Waals surface area (Å²) in [6, 6.07) is 1.50. The molecule has 3 aromatic heterocycles. The van der Waals surface area contributed by atoms with Gasteiger partial charge in [-0.2, -0.15) is 23.4 Å². The normalized spacial score (nSPS) is 11.7. The first-order valence-corrected chi connectivity index (χ1v) is 6.33. The molecule has 3 aromatic rings. The maximum absolute atomic E-state index is 12.9. The summed E-state index contributed by atoms with van der Waals surface area (Å²) in [6.45, 7) is 0. The molecule has 0 aliphatic rings. The highest BCUT2D eigenvalue weighted by atomic mass is 19.4. The SMILES string of the molecule is Cn1c(C(F)(F)F)nc2cncc(C(=O)Nc3ccnnc3)c21. The summed E-state index contributed by atoms with van der Waals surface area (Å²) < 4.78 is 39.7. The van der Waals surface area contributed by atoms with Gasteiger partial charge >= 0.3 is 6.18 Å². The van der Waals surface area contributed by atoms with E-state index in [1.54, 1.807) is 0 Å². The Bertz CT molecular complexity index is 875. The molecule has 1 N–H and O–H groups in total. The highest BCUT2D eigenvalue weighted by Gasteiger charge is 2.37. The first-order chi connectivity index (χ1) is 10.9. The molecule has 3 rings (SSSR count). The lowest BCUT2D eigenvalue weighted by Gasteiger charge is -2.08. The van der Waals surface area contributed by atoms with E-state index < -0.39 is 17.9 Å². The van der Waals surface area contributed by atoms with Crippen molar-refractivity contribution in [2.45, 2.75) is 6.18 Å². The topological polar surface area (TPSA) is 85.6 Å². The Morgan fingerprint density at radius 1 is 1.22 bits per heavy atom. The van der Waals surface area contributed by atoms with Gasteiger partial charge < -0.3 is 9.88 Å². The van der Waals surface area contributed by atoms with E-state index >= 15 is 0 Å². The Morgan fingerprint density at radius 2 is 2.00 bits per heavy atom. The van der Waals surface area contributed by atoms with Gasteiger partial charge in [0.1, 0.15) is 5.52 Å². The number of alkyl halides is 3. The van der Waals surface area contributed by atoms with Gasteiger partial charge in [0, 0.05) is 13.2 Å². The van der Waals surface area contributed by atoms with Gasteiger partial charge in [0.2, 0.25) is 5.82 Å². The summed E-state index contributed by atoms with van der Waals surface area (Å²) in [6.07, 6.45) is 0.427.